The van der Waals surface area contributed by atoms with Crippen molar-refractivity contribution >= 4 is 11.9 Å². The van der Waals surface area contributed by atoms with Gasteiger partial charge in [0.15, 0.2) is 0 Å². The second kappa shape index (κ2) is 23.5. The van der Waals surface area contributed by atoms with Crippen molar-refractivity contribution in [2.75, 3.05) is 13.2 Å². The average molecular weight is 525 g/mol. The Labute approximate surface area is 232 Å². The molecule has 0 unspecified atom stereocenters. The van der Waals surface area contributed by atoms with E-state index >= 15 is 0 Å². The van der Waals surface area contributed by atoms with Crippen LogP contribution in [0, 0.1) is 0 Å². The minimum atomic E-state index is -0.444. The van der Waals surface area contributed by atoms with E-state index < -0.39 is 11.9 Å². The summed E-state index contributed by atoms with van der Waals surface area (Å²) in [5.74, 6) is -0.888. The second-order valence-electron chi connectivity index (χ2n) is 9.94. The van der Waals surface area contributed by atoms with Gasteiger partial charge in [0.05, 0.1) is 24.3 Å². The normalized spacial score (nSPS) is 10.4. The Balaban J connectivity index is 0.000000600. The Bertz CT molecular complexity index is 798. The van der Waals surface area contributed by atoms with E-state index in [1.807, 2.05) is 0 Å². The molecule has 0 atom stereocenters. The Hall–Kier alpha value is -2.62. The number of carbonyl (C=O) groups is 2. The molecular formula is C34H52O4. The van der Waals surface area contributed by atoms with Gasteiger partial charge in [-0.1, -0.05) is 134 Å². The molecule has 0 spiro atoms. The van der Waals surface area contributed by atoms with Crippen LogP contribution < -0.4 is 0 Å². The number of ether oxygens (including phenoxy) is 2. The van der Waals surface area contributed by atoms with Crippen LogP contribution in [0.3, 0.4) is 0 Å². The van der Waals surface area contributed by atoms with E-state index in [-0.39, 0.29) is 0 Å². The Morgan fingerprint density at radius 2 is 0.895 bits per heavy atom. The number of esters is 2. The highest BCUT2D eigenvalue weighted by Gasteiger charge is 2.18. The van der Waals surface area contributed by atoms with Crippen molar-refractivity contribution in [3.63, 3.8) is 0 Å². The van der Waals surface area contributed by atoms with Crippen LogP contribution in [0.2, 0.25) is 0 Å². The molecule has 0 aliphatic heterocycles. The number of unbranched alkanes of at least 4 members (excludes halogenated alkanes) is 11. The highest BCUT2D eigenvalue weighted by Crippen LogP contribution is 2.14. The van der Waals surface area contributed by atoms with Crippen molar-refractivity contribution in [3.05, 3.63) is 71.3 Å². The summed E-state index contributed by atoms with van der Waals surface area (Å²) >= 11 is 0. The van der Waals surface area contributed by atoms with Crippen molar-refractivity contribution in [1.29, 1.82) is 0 Å². The first-order valence-corrected chi connectivity index (χ1v) is 15.1. The lowest BCUT2D eigenvalue weighted by molar-refractivity contribution is 0.0450. The molecule has 0 saturated heterocycles. The third-order valence-corrected chi connectivity index (χ3v) is 6.49. The fourth-order valence-corrected chi connectivity index (χ4v) is 4.11. The van der Waals surface area contributed by atoms with E-state index in [4.69, 9.17) is 9.47 Å². The van der Waals surface area contributed by atoms with Crippen LogP contribution in [0.5, 0.6) is 0 Å². The van der Waals surface area contributed by atoms with Crippen molar-refractivity contribution in [3.8, 4) is 0 Å². The zero-order valence-corrected chi connectivity index (χ0v) is 24.3. The maximum atomic E-state index is 12.4. The van der Waals surface area contributed by atoms with Crippen molar-refractivity contribution < 1.29 is 19.1 Å². The fraction of sp³-hybridized carbons (Fsp3) is 0.588. The summed E-state index contributed by atoms with van der Waals surface area (Å²) in [6, 6.07) is 17.4. The summed E-state index contributed by atoms with van der Waals surface area (Å²) in [6.45, 7) is 7.40. The lowest BCUT2D eigenvalue weighted by Gasteiger charge is -2.10. The molecule has 0 aliphatic rings. The molecular weight excluding hydrogens is 472 g/mol. The van der Waals surface area contributed by atoms with Gasteiger partial charge < -0.3 is 9.47 Å². The maximum absolute atomic E-state index is 12.4. The van der Waals surface area contributed by atoms with Crippen LogP contribution in [0.25, 0.3) is 0 Å². The van der Waals surface area contributed by atoms with Gasteiger partial charge in [0.2, 0.25) is 0 Å². The first kappa shape index (κ1) is 33.4. The van der Waals surface area contributed by atoms with E-state index in [2.05, 4.69) is 51.1 Å². The van der Waals surface area contributed by atoms with Gasteiger partial charge in [-0.3, -0.25) is 0 Å². The summed E-state index contributed by atoms with van der Waals surface area (Å²) in [5, 5.41) is 0. The largest absolute Gasteiger partial charge is 0.462 e. The molecule has 2 aromatic carbocycles. The van der Waals surface area contributed by atoms with Crippen molar-refractivity contribution in [2.45, 2.75) is 117 Å². The Kier molecular flexibility index (Phi) is 20.7. The maximum Gasteiger partial charge on any atom is 0.339 e. The SMILES string of the molecule is CCCCCCCCOC(=O)c1ccccc1C(=O)OCCCCCCCC.CCCCc1ccccc1. The van der Waals surface area contributed by atoms with E-state index in [0.29, 0.717) is 24.3 Å². The summed E-state index contributed by atoms with van der Waals surface area (Å²) in [6.07, 6.45) is 17.5. The minimum absolute atomic E-state index is 0.293. The van der Waals surface area contributed by atoms with Crippen LogP contribution >= 0.6 is 0 Å². The van der Waals surface area contributed by atoms with Gasteiger partial charge in [-0.25, -0.2) is 9.59 Å². The number of rotatable bonds is 19. The Morgan fingerprint density at radius 1 is 0.500 bits per heavy atom. The monoisotopic (exact) mass is 524 g/mol. The smallest absolute Gasteiger partial charge is 0.339 e. The molecule has 2 rings (SSSR count). The fourth-order valence-electron chi connectivity index (χ4n) is 4.11. The van der Waals surface area contributed by atoms with Gasteiger partial charge in [0.25, 0.3) is 0 Å². The molecule has 4 heteroatoms. The quantitative estimate of drug-likeness (QED) is 0.136. The third kappa shape index (κ3) is 16.3. The van der Waals surface area contributed by atoms with Crippen LogP contribution in [0.1, 0.15) is 137 Å². The molecule has 4 nitrogen and oxygen atoms in total. The van der Waals surface area contributed by atoms with Gasteiger partial charge in [-0.05, 0) is 43.4 Å². The van der Waals surface area contributed by atoms with E-state index in [1.54, 1.807) is 24.3 Å². The summed E-state index contributed by atoms with van der Waals surface area (Å²) in [4.78, 5) is 24.7. The summed E-state index contributed by atoms with van der Waals surface area (Å²) in [7, 11) is 0. The molecule has 0 aromatic heterocycles. The molecule has 0 heterocycles. The molecule has 212 valence electrons. The molecule has 2 aromatic rings. The zero-order valence-electron chi connectivity index (χ0n) is 24.3. The van der Waals surface area contributed by atoms with Crippen molar-refractivity contribution in [1.82, 2.24) is 0 Å². The third-order valence-electron chi connectivity index (χ3n) is 6.49. The second-order valence-corrected chi connectivity index (χ2v) is 9.94. The zero-order chi connectivity index (χ0) is 27.7. The summed E-state index contributed by atoms with van der Waals surface area (Å²) < 4.78 is 10.7. The predicted molar refractivity (Wildman–Crippen MR) is 159 cm³/mol. The minimum Gasteiger partial charge on any atom is -0.462 e. The van der Waals surface area contributed by atoms with Crippen LogP contribution in [0.15, 0.2) is 54.6 Å². The molecule has 38 heavy (non-hydrogen) atoms. The van der Waals surface area contributed by atoms with Gasteiger partial charge in [-0.2, -0.15) is 0 Å². The van der Waals surface area contributed by atoms with Gasteiger partial charge in [0.1, 0.15) is 0 Å². The van der Waals surface area contributed by atoms with Crippen LogP contribution in [-0.4, -0.2) is 25.2 Å². The van der Waals surface area contributed by atoms with E-state index in [9.17, 15) is 9.59 Å². The number of hydrogen-bond donors (Lipinski definition) is 0. The van der Waals surface area contributed by atoms with Crippen molar-refractivity contribution in [2.24, 2.45) is 0 Å². The van der Waals surface area contributed by atoms with Gasteiger partial charge in [0, 0.05) is 0 Å². The number of benzene rings is 2. The molecule has 0 fully saturated rings. The first-order valence-electron chi connectivity index (χ1n) is 15.1. The van der Waals surface area contributed by atoms with Gasteiger partial charge in [-0.15, -0.1) is 0 Å². The predicted octanol–water partition coefficient (Wildman–Crippen LogP) is 9.75. The molecule has 0 radical (unpaired) electrons. The molecule has 0 aliphatic carbocycles. The van der Waals surface area contributed by atoms with Crippen LogP contribution in [-0.2, 0) is 15.9 Å². The lowest BCUT2D eigenvalue weighted by Crippen LogP contribution is -2.15. The highest BCUT2D eigenvalue weighted by molar-refractivity contribution is 6.03. The van der Waals surface area contributed by atoms with E-state index in [0.717, 1.165) is 25.7 Å². The first-order chi connectivity index (χ1) is 18.6. The number of carbonyl (C=O) groups excluding carboxylic acids is 2. The Morgan fingerprint density at radius 3 is 1.34 bits per heavy atom. The highest BCUT2D eigenvalue weighted by atomic mass is 16.5. The van der Waals surface area contributed by atoms with E-state index in [1.165, 1.54) is 76.2 Å². The van der Waals surface area contributed by atoms with Gasteiger partial charge >= 0.3 is 11.9 Å². The topological polar surface area (TPSA) is 52.6 Å². The lowest BCUT2D eigenvalue weighted by atomic mass is 10.1. The molecule has 0 saturated carbocycles. The molecule has 0 amide bonds. The standard InChI is InChI=1S/C24H38O4.C10H14/c1-3-5-7-9-11-15-19-27-23(25)21-17-13-14-18-22(21)24(26)28-20-16-12-10-8-6-4-2;1-2-3-7-10-8-5-4-6-9-10/h13-14,17-18H,3-12,15-16,19-20H2,1-2H3;4-6,8-9H,2-3,7H2,1H3. The summed E-state index contributed by atoms with van der Waals surface area (Å²) in [5.41, 5.74) is 2.05. The molecule has 0 N–H and O–H groups in total. The number of aryl methyl sites for hydroxylation is 1. The van der Waals surface area contributed by atoms with Crippen LogP contribution in [0.4, 0.5) is 0 Å². The number of hydrogen-bond acceptors (Lipinski definition) is 4. The average Bonchev–Trinajstić information content (AvgIpc) is 2.95. The molecule has 0 bridgehead atoms.